The monoisotopic (exact) mass is 743 g/mol. The van der Waals surface area contributed by atoms with E-state index in [4.69, 9.17) is 4.42 Å². The minimum Gasteiger partial charge on any atom is -0.455 e. The second kappa shape index (κ2) is 12.7. The van der Waals surface area contributed by atoms with Gasteiger partial charge in [0.25, 0.3) is 0 Å². The molecular weight excluding hydrogens is 711 g/mol. The lowest BCUT2D eigenvalue weighted by Crippen LogP contribution is -2.10. The number of fused-ring (bicyclic) bond motifs is 11. The van der Waals surface area contributed by atoms with Crippen LogP contribution in [0.2, 0.25) is 0 Å². The number of hydrogen-bond acceptors (Lipinski definition) is 3. The molecule has 3 heteroatoms. The summed E-state index contributed by atoms with van der Waals surface area (Å²) in [6.07, 6.45) is 0. The normalized spacial score (nSPS) is 11.9. The Labute approximate surface area is 333 Å². The molecule has 0 aliphatic heterocycles. The average molecular weight is 744 g/mol. The van der Waals surface area contributed by atoms with Gasteiger partial charge >= 0.3 is 0 Å². The largest absolute Gasteiger partial charge is 0.455 e. The van der Waals surface area contributed by atoms with Gasteiger partial charge in [0.1, 0.15) is 11.2 Å². The molecule has 57 heavy (non-hydrogen) atoms. The molecule has 0 fully saturated rings. The zero-order chi connectivity index (χ0) is 37.5. The fourth-order valence-electron chi connectivity index (χ4n) is 9.18. The minimum atomic E-state index is 0.871. The molecule has 0 unspecified atom stereocenters. The summed E-state index contributed by atoms with van der Waals surface area (Å²) in [7, 11) is 0. The lowest BCUT2D eigenvalue weighted by Gasteiger charge is -2.28. The molecule has 2 nitrogen and oxygen atoms in total. The number of benzene rings is 10. The molecule has 12 rings (SSSR count). The van der Waals surface area contributed by atoms with Gasteiger partial charge in [-0.25, -0.2) is 0 Å². The maximum atomic E-state index is 6.79. The zero-order valence-electron chi connectivity index (χ0n) is 30.8. The quantitative estimate of drug-likeness (QED) is 0.163. The topological polar surface area (TPSA) is 16.4 Å². The molecule has 0 aliphatic carbocycles. The number of rotatable bonds is 5. The van der Waals surface area contributed by atoms with Crippen molar-refractivity contribution in [2.24, 2.45) is 0 Å². The summed E-state index contributed by atoms with van der Waals surface area (Å²) < 4.78 is 9.32. The Bertz CT molecular complexity index is 3540. The molecule has 0 radical (unpaired) electrons. The molecular formula is C54H33NOS. The second-order valence-electron chi connectivity index (χ2n) is 14.8. The van der Waals surface area contributed by atoms with Crippen LogP contribution in [0.25, 0.3) is 96.7 Å². The maximum Gasteiger partial charge on any atom is 0.143 e. The van der Waals surface area contributed by atoms with Crippen LogP contribution < -0.4 is 4.90 Å². The fourth-order valence-corrected chi connectivity index (χ4v) is 10.4. The van der Waals surface area contributed by atoms with Crippen LogP contribution in [0.3, 0.4) is 0 Å². The van der Waals surface area contributed by atoms with Crippen molar-refractivity contribution in [3.05, 3.63) is 200 Å². The Morgan fingerprint density at radius 3 is 1.79 bits per heavy atom. The minimum absolute atomic E-state index is 0.871. The Morgan fingerprint density at radius 2 is 0.982 bits per heavy atom. The van der Waals surface area contributed by atoms with Gasteiger partial charge in [0.05, 0.1) is 21.5 Å². The molecule has 0 atom stereocenters. The Hall–Kier alpha value is -7.20. The van der Waals surface area contributed by atoms with E-state index in [-0.39, 0.29) is 0 Å². The predicted octanol–water partition coefficient (Wildman–Crippen LogP) is 16.2. The third-order valence-electron chi connectivity index (χ3n) is 11.6. The third kappa shape index (κ3) is 4.89. The highest BCUT2D eigenvalue weighted by molar-refractivity contribution is 7.26. The first kappa shape index (κ1) is 32.1. The Kier molecular flexibility index (Phi) is 7.13. The zero-order valence-corrected chi connectivity index (χ0v) is 31.6. The standard InChI is InChI=1S/C54H33NOS/c1-2-16-35(17-3-1)50-42-24-8-6-21-39(42)40-22-7-9-25-43(40)51(50)36-18-12-19-37(33-36)55(47-28-13-26-44-41-23-10-11-30-49(41)57-54(44)47)46-27-14-29-48-52(46)45-32-31-34-15-4-5-20-38(34)53(45)56-48/h1-33H. The first-order valence-electron chi connectivity index (χ1n) is 19.4. The Morgan fingerprint density at radius 1 is 0.386 bits per heavy atom. The highest BCUT2D eigenvalue weighted by Crippen LogP contribution is 2.50. The molecule has 0 N–H and O–H groups in total. The van der Waals surface area contributed by atoms with Crippen LogP contribution >= 0.6 is 11.3 Å². The summed E-state index contributed by atoms with van der Waals surface area (Å²) in [5.74, 6) is 0. The van der Waals surface area contributed by atoms with E-state index in [1.165, 1.54) is 63.8 Å². The highest BCUT2D eigenvalue weighted by atomic mass is 32.1. The van der Waals surface area contributed by atoms with Crippen LogP contribution in [0.15, 0.2) is 205 Å². The van der Waals surface area contributed by atoms with Crippen molar-refractivity contribution in [2.45, 2.75) is 0 Å². The molecule has 12 aromatic rings. The average Bonchev–Trinajstić information content (AvgIpc) is 3.86. The van der Waals surface area contributed by atoms with Gasteiger partial charge in [-0.15, -0.1) is 11.3 Å². The predicted molar refractivity (Wildman–Crippen MR) is 245 cm³/mol. The number of thiophene rings is 1. The van der Waals surface area contributed by atoms with E-state index in [1.807, 2.05) is 11.3 Å². The first-order chi connectivity index (χ1) is 28.3. The van der Waals surface area contributed by atoms with Gasteiger partial charge in [0, 0.05) is 31.9 Å². The van der Waals surface area contributed by atoms with Gasteiger partial charge in [0.2, 0.25) is 0 Å². The number of hydrogen-bond donors (Lipinski definition) is 0. The lowest BCUT2D eigenvalue weighted by atomic mass is 9.85. The molecule has 0 bridgehead atoms. The summed E-state index contributed by atoms with van der Waals surface area (Å²) in [5, 5.41) is 12.0. The van der Waals surface area contributed by atoms with Crippen molar-refractivity contribution < 1.29 is 4.42 Å². The SMILES string of the molecule is c1ccc(-c2c(-c3cccc(N(c4cccc5c4sc4ccccc45)c4cccc5oc6c7ccccc7ccc6c45)c3)c3ccccc3c3ccccc23)cc1. The molecule has 2 aromatic heterocycles. The van der Waals surface area contributed by atoms with Gasteiger partial charge < -0.3 is 9.32 Å². The summed E-state index contributed by atoms with van der Waals surface area (Å²) >= 11 is 1.86. The van der Waals surface area contributed by atoms with E-state index in [0.717, 1.165) is 50.0 Å². The molecule has 266 valence electrons. The lowest BCUT2D eigenvalue weighted by molar-refractivity contribution is 0.672. The van der Waals surface area contributed by atoms with Crippen molar-refractivity contribution >= 4 is 103 Å². The van der Waals surface area contributed by atoms with Crippen LogP contribution in [-0.2, 0) is 0 Å². The van der Waals surface area contributed by atoms with E-state index >= 15 is 0 Å². The van der Waals surface area contributed by atoms with Crippen molar-refractivity contribution in [3.63, 3.8) is 0 Å². The van der Waals surface area contributed by atoms with Gasteiger partial charge in [-0.05, 0) is 91.6 Å². The maximum absolute atomic E-state index is 6.79. The van der Waals surface area contributed by atoms with Crippen molar-refractivity contribution in [2.75, 3.05) is 4.90 Å². The molecule has 0 aliphatic rings. The Balaban J connectivity index is 1.19. The fraction of sp³-hybridized carbons (Fsp3) is 0. The number of nitrogens with zero attached hydrogens (tertiary/aromatic N) is 1. The molecule has 0 spiro atoms. The van der Waals surface area contributed by atoms with Crippen molar-refractivity contribution in [1.29, 1.82) is 0 Å². The molecule has 0 saturated heterocycles. The number of anilines is 3. The first-order valence-corrected chi connectivity index (χ1v) is 20.2. The molecule has 10 aromatic carbocycles. The molecule has 2 heterocycles. The van der Waals surface area contributed by atoms with Crippen LogP contribution in [0.4, 0.5) is 17.1 Å². The van der Waals surface area contributed by atoms with E-state index in [9.17, 15) is 0 Å². The summed E-state index contributed by atoms with van der Waals surface area (Å²) in [6, 6.07) is 72.7. The van der Waals surface area contributed by atoms with Crippen molar-refractivity contribution in [3.8, 4) is 22.3 Å². The molecule has 0 saturated carbocycles. The summed E-state index contributed by atoms with van der Waals surface area (Å²) in [5.41, 5.74) is 9.93. The van der Waals surface area contributed by atoms with E-state index in [0.29, 0.717) is 0 Å². The van der Waals surface area contributed by atoms with Crippen LogP contribution in [0, 0.1) is 0 Å². The smallest absolute Gasteiger partial charge is 0.143 e. The highest BCUT2D eigenvalue weighted by Gasteiger charge is 2.24. The van der Waals surface area contributed by atoms with Gasteiger partial charge in [-0.2, -0.15) is 0 Å². The van der Waals surface area contributed by atoms with Gasteiger partial charge in [-0.1, -0.05) is 158 Å². The van der Waals surface area contributed by atoms with E-state index in [1.54, 1.807) is 0 Å². The summed E-state index contributed by atoms with van der Waals surface area (Å²) in [6.45, 7) is 0. The van der Waals surface area contributed by atoms with Crippen LogP contribution in [0.1, 0.15) is 0 Å². The molecule has 0 amide bonds. The van der Waals surface area contributed by atoms with Gasteiger partial charge in [-0.3, -0.25) is 0 Å². The van der Waals surface area contributed by atoms with Crippen LogP contribution in [-0.4, -0.2) is 0 Å². The number of furan rings is 1. The van der Waals surface area contributed by atoms with Crippen LogP contribution in [0.5, 0.6) is 0 Å². The second-order valence-corrected chi connectivity index (χ2v) is 15.8. The van der Waals surface area contributed by atoms with E-state index < -0.39 is 0 Å². The van der Waals surface area contributed by atoms with Gasteiger partial charge in [0.15, 0.2) is 0 Å². The van der Waals surface area contributed by atoms with E-state index in [2.05, 4.69) is 205 Å². The van der Waals surface area contributed by atoms with Crippen molar-refractivity contribution in [1.82, 2.24) is 0 Å². The third-order valence-corrected chi connectivity index (χ3v) is 12.8. The summed E-state index contributed by atoms with van der Waals surface area (Å²) in [4.78, 5) is 2.47.